The van der Waals surface area contributed by atoms with Crippen LogP contribution in [0.2, 0.25) is 0 Å². The summed E-state index contributed by atoms with van der Waals surface area (Å²) in [6.45, 7) is 1.43. The number of hydrogen-bond acceptors (Lipinski definition) is 2. The molecule has 1 aliphatic heterocycles. The lowest BCUT2D eigenvalue weighted by atomic mass is 10.1. The molecule has 0 aliphatic carbocycles. The van der Waals surface area contributed by atoms with Crippen molar-refractivity contribution in [3.63, 3.8) is 0 Å². The van der Waals surface area contributed by atoms with Crippen molar-refractivity contribution < 1.29 is 22.8 Å². The van der Waals surface area contributed by atoms with Gasteiger partial charge in [0.15, 0.2) is 0 Å². The Morgan fingerprint density at radius 1 is 0.862 bits per heavy atom. The van der Waals surface area contributed by atoms with Crippen LogP contribution in [0.5, 0.6) is 0 Å². The Morgan fingerprint density at radius 3 is 2.17 bits per heavy atom. The van der Waals surface area contributed by atoms with E-state index in [0.29, 0.717) is 32.6 Å². The average molecular weight is 404 g/mol. The van der Waals surface area contributed by atoms with Crippen molar-refractivity contribution >= 4 is 11.8 Å². The third-order valence-corrected chi connectivity index (χ3v) is 5.06. The van der Waals surface area contributed by atoms with Gasteiger partial charge in [0, 0.05) is 38.2 Å². The number of piperazine rings is 1. The minimum Gasteiger partial charge on any atom is -0.339 e. The molecule has 2 aromatic rings. The number of benzene rings is 2. The molecule has 29 heavy (non-hydrogen) atoms. The number of rotatable bonds is 5. The van der Waals surface area contributed by atoms with Gasteiger partial charge in [-0.1, -0.05) is 36.4 Å². The Kier molecular flexibility index (Phi) is 6.56. The predicted octanol–water partition coefficient (Wildman–Crippen LogP) is 4.01. The van der Waals surface area contributed by atoms with Gasteiger partial charge in [0.05, 0.1) is 5.56 Å². The van der Waals surface area contributed by atoms with Crippen LogP contribution in [0.15, 0.2) is 54.6 Å². The van der Waals surface area contributed by atoms with Crippen LogP contribution >= 0.6 is 0 Å². The quantitative estimate of drug-likeness (QED) is 0.756. The average Bonchev–Trinajstić information content (AvgIpc) is 2.73. The van der Waals surface area contributed by atoms with Crippen molar-refractivity contribution in [2.75, 3.05) is 26.2 Å². The Hall–Kier alpha value is -2.83. The van der Waals surface area contributed by atoms with Gasteiger partial charge in [-0.05, 0) is 36.6 Å². The number of amides is 2. The van der Waals surface area contributed by atoms with Crippen molar-refractivity contribution in [3.8, 4) is 0 Å². The Balaban J connectivity index is 1.48. The molecular weight excluding hydrogens is 381 g/mol. The van der Waals surface area contributed by atoms with Crippen LogP contribution in [0, 0.1) is 0 Å². The summed E-state index contributed by atoms with van der Waals surface area (Å²) in [6, 6.07) is 14.4. The van der Waals surface area contributed by atoms with E-state index in [1.54, 1.807) is 4.90 Å². The van der Waals surface area contributed by atoms with E-state index in [4.69, 9.17) is 0 Å². The van der Waals surface area contributed by atoms with Gasteiger partial charge in [-0.25, -0.2) is 0 Å². The molecule has 0 bridgehead atoms. The van der Waals surface area contributed by atoms with E-state index >= 15 is 0 Å². The Morgan fingerprint density at radius 2 is 1.52 bits per heavy atom. The fourth-order valence-electron chi connectivity index (χ4n) is 3.42. The van der Waals surface area contributed by atoms with Gasteiger partial charge in [-0.3, -0.25) is 9.59 Å². The van der Waals surface area contributed by atoms with Gasteiger partial charge in [0.1, 0.15) is 0 Å². The van der Waals surface area contributed by atoms with Gasteiger partial charge in [-0.2, -0.15) is 13.2 Å². The van der Waals surface area contributed by atoms with E-state index in [2.05, 4.69) is 0 Å². The lowest BCUT2D eigenvalue weighted by molar-refractivity contribution is -0.137. The summed E-state index contributed by atoms with van der Waals surface area (Å²) in [5.41, 5.74) is 0.370. The summed E-state index contributed by atoms with van der Waals surface area (Å²) in [6.07, 6.45) is -2.45. The second kappa shape index (κ2) is 9.11. The molecule has 0 aromatic heterocycles. The molecule has 0 N–H and O–H groups in total. The Bertz CT molecular complexity index is 845. The van der Waals surface area contributed by atoms with Crippen LogP contribution in [0.1, 0.15) is 34.3 Å². The molecule has 0 spiro atoms. The first kappa shape index (κ1) is 20.9. The first-order valence-corrected chi connectivity index (χ1v) is 9.63. The highest BCUT2D eigenvalue weighted by atomic mass is 19.4. The molecule has 1 heterocycles. The number of carbonyl (C=O) groups excluding carboxylic acids is 2. The van der Waals surface area contributed by atoms with Crippen LogP contribution in [0.25, 0.3) is 0 Å². The number of alkyl halides is 3. The van der Waals surface area contributed by atoms with Crippen molar-refractivity contribution in [2.24, 2.45) is 0 Å². The summed E-state index contributed by atoms with van der Waals surface area (Å²) in [4.78, 5) is 28.2. The van der Waals surface area contributed by atoms with Crippen LogP contribution in [-0.4, -0.2) is 47.8 Å². The SMILES string of the molecule is O=C(CCCc1ccccc1)N1CCN(C(=O)c2cccc(C(F)(F)F)c2)CC1. The van der Waals surface area contributed by atoms with Gasteiger partial charge in [0.25, 0.3) is 5.91 Å². The van der Waals surface area contributed by atoms with Crippen LogP contribution in [0.4, 0.5) is 13.2 Å². The second-order valence-electron chi connectivity index (χ2n) is 7.09. The van der Waals surface area contributed by atoms with E-state index in [1.807, 2.05) is 30.3 Å². The molecule has 7 heteroatoms. The summed E-state index contributed by atoms with van der Waals surface area (Å²) in [5.74, 6) is -0.389. The molecule has 2 amide bonds. The highest BCUT2D eigenvalue weighted by molar-refractivity contribution is 5.94. The monoisotopic (exact) mass is 404 g/mol. The largest absolute Gasteiger partial charge is 0.416 e. The molecule has 3 rings (SSSR count). The third kappa shape index (κ3) is 5.59. The lowest BCUT2D eigenvalue weighted by Crippen LogP contribution is -2.50. The van der Waals surface area contributed by atoms with Crippen LogP contribution in [0.3, 0.4) is 0 Å². The van der Waals surface area contributed by atoms with Crippen molar-refractivity contribution in [2.45, 2.75) is 25.4 Å². The molecule has 0 radical (unpaired) electrons. The zero-order valence-corrected chi connectivity index (χ0v) is 16.0. The van der Waals surface area contributed by atoms with Gasteiger partial charge >= 0.3 is 6.18 Å². The maximum Gasteiger partial charge on any atom is 0.416 e. The number of hydrogen-bond donors (Lipinski definition) is 0. The van der Waals surface area contributed by atoms with Crippen LogP contribution in [-0.2, 0) is 17.4 Å². The zero-order valence-electron chi connectivity index (χ0n) is 16.0. The Labute approximate surface area is 167 Å². The fourth-order valence-corrected chi connectivity index (χ4v) is 3.42. The first-order chi connectivity index (χ1) is 13.8. The van der Waals surface area contributed by atoms with Crippen molar-refractivity contribution in [3.05, 3.63) is 71.3 Å². The smallest absolute Gasteiger partial charge is 0.339 e. The van der Waals surface area contributed by atoms with Gasteiger partial charge in [0.2, 0.25) is 5.91 Å². The van der Waals surface area contributed by atoms with Crippen molar-refractivity contribution in [1.29, 1.82) is 0 Å². The summed E-state index contributed by atoms with van der Waals surface area (Å²) < 4.78 is 38.6. The molecule has 4 nitrogen and oxygen atoms in total. The second-order valence-corrected chi connectivity index (χ2v) is 7.09. The number of halogens is 3. The first-order valence-electron chi connectivity index (χ1n) is 9.63. The highest BCUT2D eigenvalue weighted by Gasteiger charge is 2.32. The van der Waals surface area contributed by atoms with E-state index in [0.717, 1.165) is 25.0 Å². The molecule has 1 fully saturated rings. The van der Waals surface area contributed by atoms with Crippen LogP contribution < -0.4 is 0 Å². The maximum absolute atomic E-state index is 12.9. The molecule has 0 atom stereocenters. The number of nitrogens with zero attached hydrogens (tertiary/aromatic N) is 2. The number of aryl methyl sites for hydroxylation is 1. The molecular formula is C22H23F3N2O2. The van der Waals surface area contributed by atoms with Gasteiger partial charge in [-0.15, -0.1) is 0 Å². The lowest BCUT2D eigenvalue weighted by Gasteiger charge is -2.35. The fraction of sp³-hybridized carbons (Fsp3) is 0.364. The van der Waals surface area contributed by atoms with E-state index in [-0.39, 0.29) is 11.5 Å². The predicted molar refractivity (Wildman–Crippen MR) is 103 cm³/mol. The highest BCUT2D eigenvalue weighted by Crippen LogP contribution is 2.29. The molecule has 2 aromatic carbocycles. The maximum atomic E-state index is 12.9. The van der Waals surface area contributed by atoms with Crippen molar-refractivity contribution in [1.82, 2.24) is 9.80 Å². The van der Waals surface area contributed by atoms with E-state index in [9.17, 15) is 22.8 Å². The molecule has 0 unspecified atom stereocenters. The standard InChI is InChI=1S/C22H23F3N2O2/c23-22(24,25)19-10-5-9-18(16-19)21(29)27-14-12-26(13-15-27)20(28)11-4-8-17-6-2-1-3-7-17/h1-3,5-7,9-10,16H,4,8,11-15H2. The number of carbonyl (C=O) groups is 2. The molecule has 154 valence electrons. The summed E-state index contributed by atoms with van der Waals surface area (Å²) in [5, 5.41) is 0. The third-order valence-electron chi connectivity index (χ3n) is 5.06. The topological polar surface area (TPSA) is 40.6 Å². The molecule has 1 aliphatic rings. The summed E-state index contributed by atoms with van der Waals surface area (Å²) in [7, 11) is 0. The van der Waals surface area contributed by atoms with E-state index in [1.165, 1.54) is 22.6 Å². The zero-order chi connectivity index (χ0) is 20.9. The molecule has 0 saturated carbocycles. The van der Waals surface area contributed by atoms with Gasteiger partial charge < -0.3 is 9.80 Å². The molecule has 1 saturated heterocycles. The van der Waals surface area contributed by atoms with E-state index < -0.39 is 17.6 Å². The summed E-state index contributed by atoms with van der Waals surface area (Å²) >= 11 is 0. The minimum absolute atomic E-state index is 0.0162. The minimum atomic E-state index is -4.48. The normalized spacial score (nSPS) is 14.7.